The van der Waals surface area contributed by atoms with E-state index < -0.39 is 0 Å². The molecule has 222 valence electrons. The van der Waals surface area contributed by atoms with E-state index in [1.807, 2.05) is 0 Å². The molecule has 0 amide bonds. The Labute approximate surface area is 262 Å². The van der Waals surface area contributed by atoms with Gasteiger partial charge in [0.05, 0.1) is 0 Å². The molecule has 1 aliphatic heterocycles. The smallest absolute Gasteiger partial charge is 0.664 e. The van der Waals surface area contributed by atoms with Crippen LogP contribution in [0.25, 0.3) is 0 Å². The van der Waals surface area contributed by atoms with Crippen LogP contribution in [0, 0.1) is 0 Å². The summed E-state index contributed by atoms with van der Waals surface area (Å²) in [6.07, 6.45) is 11.4. The third kappa shape index (κ3) is 5.51. The van der Waals surface area contributed by atoms with Crippen molar-refractivity contribution in [2.24, 2.45) is 0 Å². The average molecular weight is 732 g/mol. The molecule has 0 N–H and O–H groups in total. The predicted octanol–water partition coefficient (Wildman–Crippen LogP) is 6.69. The summed E-state index contributed by atoms with van der Waals surface area (Å²) in [4.78, 5) is 21.5. The van der Waals surface area contributed by atoms with E-state index in [2.05, 4.69) is 55.4 Å². The fraction of sp³-hybridized carbons (Fsp3) is 0.556. The molecule has 0 aliphatic carbocycles. The topological polar surface area (TPSA) is 56.4 Å². The summed E-state index contributed by atoms with van der Waals surface area (Å²) in [6.45, 7) is 18.3. The quantitative estimate of drug-likeness (QED) is 0.179. The minimum atomic E-state index is 0. The van der Waals surface area contributed by atoms with Gasteiger partial charge in [-0.05, 0) is 77.0 Å². The molecule has 0 saturated heterocycles. The zero-order chi connectivity index (χ0) is 28.6. The molecule has 5 heterocycles. The Morgan fingerprint density at radius 1 is 0.293 bits per heavy atom. The zero-order valence-electron chi connectivity index (χ0n) is 26.6. The molecule has 0 radical (unpaired) electrons. The number of nitrogens with zero attached hydrogens (tertiary/aromatic N) is 4. The van der Waals surface area contributed by atoms with Crippen LogP contribution in [-0.4, -0.2) is 0 Å². The number of hydrogen-bond acceptors (Lipinski definition) is 0. The Morgan fingerprint density at radius 2 is 0.415 bits per heavy atom. The van der Waals surface area contributed by atoms with E-state index in [9.17, 15) is 0 Å². The van der Waals surface area contributed by atoms with Crippen LogP contribution < -0.4 is 19.9 Å². The molecule has 0 unspecified atom stereocenters. The van der Waals surface area contributed by atoms with Crippen molar-refractivity contribution in [3.05, 3.63) is 90.1 Å². The summed E-state index contributed by atoms with van der Waals surface area (Å²) in [7, 11) is 0. The third-order valence-corrected chi connectivity index (χ3v) is 9.49. The van der Waals surface area contributed by atoms with Crippen LogP contribution >= 0.6 is 0 Å². The molecular weight excluding hydrogens is 684 g/mol. The predicted molar refractivity (Wildman–Crippen MR) is 165 cm³/mol. The summed E-state index contributed by atoms with van der Waals surface area (Å²) >= 11 is 0. The van der Waals surface area contributed by atoms with E-state index in [-0.39, 0.29) is 21.1 Å². The Balaban J connectivity index is 0.00000387. The second-order valence-corrected chi connectivity index (χ2v) is 11.4. The van der Waals surface area contributed by atoms with E-state index in [1.165, 1.54) is 90.1 Å². The Hall–Kier alpha value is -2.19. The molecule has 0 saturated carbocycles. The molecule has 4 aromatic rings. The van der Waals surface area contributed by atoms with Gasteiger partial charge in [0.1, 0.15) is 0 Å². The minimum absolute atomic E-state index is 0. The summed E-state index contributed by atoms with van der Waals surface area (Å²) in [5, 5.41) is 0. The molecule has 8 bridgehead atoms. The van der Waals surface area contributed by atoms with Crippen LogP contribution in [0.15, 0.2) is 0 Å². The van der Waals surface area contributed by atoms with Crippen LogP contribution in [0.4, 0.5) is 0 Å². The average Bonchev–Trinajstić information content (AvgIpc) is 3.67. The Kier molecular flexibility index (Phi) is 10.4. The molecule has 41 heavy (non-hydrogen) atoms. The van der Waals surface area contributed by atoms with Gasteiger partial charge in [0, 0.05) is 0 Å². The second kappa shape index (κ2) is 13.4. The Morgan fingerprint density at radius 3 is 0.512 bits per heavy atom. The first-order chi connectivity index (χ1) is 19.5. The van der Waals surface area contributed by atoms with E-state index in [0.717, 1.165) is 77.0 Å². The van der Waals surface area contributed by atoms with Crippen molar-refractivity contribution >= 4 is 0 Å². The van der Waals surface area contributed by atoms with Crippen molar-refractivity contribution < 1.29 is 21.1 Å². The number of hydrogen-bond donors (Lipinski definition) is 0. The van der Waals surface area contributed by atoms with Gasteiger partial charge in [-0.1, -0.05) is 99.9 Å². The van der Waals surface area contributed by atoms with Crippen LogP contribution in [0.5, 0.6) is 0 Å². The third-order valence-electron chi connectivity index (χ3n) is 9.49. The van der Waals surface area contributed by atoms with Gasteiger partial charge in [0.2, 0.25) is 0 Å². The van der Waals surface area contributed by atoms with Crippen molar-refractivity contribution in [3.8, 4) is 0 Å². The molecule has 0 atom stereocenters. The van der Waals surface area contributed by atoms with Gasteiger partial charge < -0.3 is 19.9 Å². The molecule has 0 fully saturated rings. The maximum atomic E-state index is 5.38. The standard InChI is InChI=1S/C36H48N4.Pt/c1-9-21-22(10-2)30-18-32-25(13-5)26(14-6)34(39-32)20-36-28(16-8)27(15-7)35(40-36)19-33-24(12-4)23(11-3)31(38-33)17-29(21)37-30;/h9-20H2,1-8H3;/q-4;+4. The fourth-order valence-electron chi connectivity index (χ4n) is 7.73. The van der Waals surface area contributed by atoms with Gasteiger partial charge >= 0.3 is 21.1 Å². The molecule has 5 rings (SSSR count). The van der Waals surface area contributed by atoms with Crippen molar-refractivity contribution in [2.75, 3.05) is 0 Å². The molecule has 0 aromatic carbocycles. The van der Waals surface area contributed by atoms with E-state index >= 15 is 0 Å². The van der Waals surface area contributed by atoms with Crippen LogP contribution in [0.2, 0.25) is 0 Å². The summed E-state index contributed by atoms with van der Waals surface area (Å²) < 4.78 is 0. The zero-order valence-corrected chi connectivity index (χ0v) is 28.9. The summed E-state index contributed by atoms with van der Waals surface area (Å²) in [5.74, 6) is 0. The summed E-state index contributed by atoms with van der Waals surface area (Å²) in [5.41, 5.74) is 21.4. The largest absolute Gasteiger partial charge is 4.00 e. The second-order valence-electron chi connectivity index (χ2n) is 11.4. The molecule has 0 spiro atoms. The van der Waals surface area contributed by atoms with Crippen LogP contribution in [0.3, 0.4) is 0 Å². The van der Waals surface area contributed by atoms with Gasteiger partial charge in [-0.2, -0.15) is 45.6 Å². The summed E-state index contributed by atoms with van der Waals surface area (Å²) in [6, 6.07) is 0. The monoisotopic (exact) mass is 731 g/mol. The fourth-order valence-corrected chi connectivity index (χ4v) is 7.73. The molecule has 5 heteroatoms. The van der Waals surface area contributed by atoms with Gasteiger partial charge in [-0.3, -0.25) is 0 Å². The van der Waals surface area contributed by atoms with Crippen molar-refractivity contribution in [2.45, 2.75) is 132 Å². The first-order valence-electron chi connectivity index (χ1n) is 16.1. The van der Waals surface area contributed by atoms with E-state index in [1.54, 1.807) is 0 Å². The minimum Gasteiger partial charge on any atom is -0.664 e. The Bertz CT molecular complexity index is 1170. The number of rotatable bonds is 8. The molecule has 4 aromatic heterocycles. The molecule has 4 nitrogen and oxygen atoms in total. The van der Waals surface area contributed by atoms with Crippen molar-refractivity contribution in [3.63, 3.8) is 0 Å². The van der Waals surface area contributed by atoms with Gasteiger partial charge in [0.25, 0.3) is 0 Å². The SMILES string of the molecule is CCc1c2[n-]c(c1CC)Cc1[n-]c(c(CC)c1CC)Cc1[n-]c(c(CC)c1CC)Cc1[n-]c(c(CC)c1CC)C2.[Pt+4]. The van der Waals surface area contributed by atoms with E-state index in [4.69, 9.17) is 19.9 Å². The van der Waals surface area contributed by atoms with Crippen LogP contribution in [0.1, 0.15) is 145 Å². The maximum absolute atomic E-state index is 5.38. The van der Waals surface area contributed by atoms with Gasteiger partial charge in [0.15, 0.2) is 0 Å². The van der Waals surface area contributed by atoms with E-state index in [0.29, 0.717) is 0 Å². The van der Waals surface area contributed by atoms with Crippen molar-refractivity contribution in [1.82, 2.24) is 19.9 Å². The van der Waals surface area contributed by atoms with Gasteiger partial charge in [-0.15, -0.1) is 0 Å². The van der Waals surface area contributed by atoms with Gasteiger partial charge in [-0.25, -0.2) is 0 Å². The van der Waals surface area contributed by atoms with Crippen molar-refractivity contribution in [1.29, 1.82) is 0 Å². The number of fused-ring (bicyclic) bond motifs is 8. The first kappa shape index (κ1) is 31.7. The first-order valence-corrected chi connectivity index (χ1v) is 16.1. The maximum Gasteiger partial charge on any atom is 4.00 e. The molecular formula is C36H48N4Pt. The molecule has 1 aliphatic rings. The van der Waals surface area contributed by atoms with Crippen LogP contribution in [-0.2, 0) is 98.1 Å². The normalized spacial score (nSPS) is 13.1. The number of aromatic nitrogens is 4.